The average molecular weight is 200 g/mol. The molecule has 0 spiro atoms. The summed E-state index contributed by atoms with van der Waals surface area (Å²) in [7, 11) is 0. The van der Waals surface area contributed by atoms with E-state index in [0.29, 0.717) is 12.3 Å². The van der Waals surface area contributed by atoms with Crippen LogP contribution in [0.5, 0.6) is 5.75 Å². The first kappa shape index (κ1) is 9.52. The van der Waals surface area contributed by atoms with Crippen LogP contribution in [-0.2, 0) is 0 Å². The Morgan fingerprint density at radius 1 is 1.40 bits per heavy atom. The Morgan fingerprint density at radius 3 is 3.07 bits per heavy atom. The quantitative estimate of drug-likeness (QED) is 0.611. The Morgan fingerprint density at radius 2 is 2.27 bits per heavy atom. The van der Waals surface area contributed by atoms with Crippen LogP contribution in [-0.4, -0.2) is 11.6 Å². The fourth-order valence-electron chi connectivity index (χ4n) is 1.43. The molecule has 0 aliphatic heterocycles. The van der Waals surface area contributed by atoms with Gasteiger partial charge in [0.15, 0.2) is 0 Å². The maximum Gasteiger partial charge on any atom is 0.146 e. The van der Waals surface area contributed by atoms with Crippen LogP contribution in [0, 0.1) is 0 Å². The summed E-state index contributed by atoms with van der Waals surface area (Å²) in [6.07, 6.45) is 3.42. The summed E-state index contributed by atoms with van der Waals surface area (Å²) in [6.45, 7) is 4.07. The van der Waals surface area contributed by atoms with Gasteiger partial charge in [-0.05, 0) is 24.3 Å². The van der Waals surface area contributed by atoms with Crippen LogP contribution in [0.3, 0.4) is 0 Å². The maximum atomic E-state index is 5.84. The van der Waals surface area contributed by atoms with E-state index in [1.807, 2.05) is 24.3 Å². The molecule has 0 fully saturated rings. The molecular weight excluding hydrogens is 188 g/mol. The molecule has 1 aromatic carbocycles. The second-order valence-corrected chi connectivity index (χ2v) is 3.15. The summed E-state index contributed by atoms with van der Waals surface area (Å²) in [4.78, 5) is 4.26. The largest absolute Gasteiger partial charge is 0.487 e. The van der Waals surface area contributed by atoms with Gasteiger partial charge in [0.2, 0.25) is 0 Å². The van der Waals surface area contributed by atoms with Gasteiger partial charge in [0.05, 0.1) is 0 Å². The molecule has 0 radical (unpaired) electrons. The first-order valence-electron chi connectivity index (χ1n) is 4.70. The Kier molecular flexibility index (Phi) is 2.54. The number of nitrogens with two attached hydrogens (primary N) is 1. The highest BCUT2D eigenvalue weighted by Gasteiger charge is 2.04. The summed E-state index contributed by atoms with van der Waals surface area (Å²) in [5.74, 6) is 0.736. The van der Waals surface area contributed by atoms with E-state index in [1.165, 1.54) is 0 Å². The monoisotopic (exact) mass is 200 g/mol. The van der Waals surface area contributed by atoms with E-state index < -0.39 is 0 Å². The fraction of sp³-hybridized carbons (Fsp3) is 0.0833. The van der Waals surface area contributed by atoms with Crippen molar-refractivity contribution >= 4 is 16.6 Å². The molecule has 3 heteroatoms. The molecule has 0 saturated carbocycles. The summed E-state index contributed by atoms with van der Waals surface area (Å²) in [5.41, 5.74) is 7.34. The van der Waals surface area contributed by atoms with Crippen molar-refractivity contribution in [2.75, 3.05) is 12.3 Å². The number of anilines is 1. The number of benzene rings is 1. The third-order valence-electron chi connectivity index (χ3n) is 2.12. The second kappa shape index (κ2) is 4.00. The van der Waals surface area contributed by atoms with Crippen molar-refractivity contribution < 1.29 is 4.74 Å². The molecule has 2 rings (SSSR count). The SMILES string of the molecule is C=CCOc1ccc(N)c2cccnc12. The number of aromatic nitrogens is 1. The lowest BCUT2D eigenvalue weighted by molar-refractivity contribution is 0.367. The average Bonchev–Trinajstić information content (AvgIpc) is 2.29. The number of fused-ring (bicyclic) bond motifs is 1. The number of rotatable bonds is 3. The Balaban J connectivity index is 2.56. The Bertz CT molecular complexity index is 494. The minimum Gasteiger partial charge on any atom is -0.487 e. The van der Waals surface area contributed by atoms with Crippen LogP contribution in [0.2, 0.25) is 0 Å². The molecule has 0 aliphatic carbocycles. The van der Waals surface area contributed by atoms with Crippen molar-refractivity contribution in [2.45, 2.75) is 0 Å². The van der Waals surface area contributed by atoms with Gasteiger partial charge in [-0.2, -0.15) is 0 Å². The van der Waals surface area contributed by atoms with Crippen LogP contribution in [0.15, 0.2) is 43.1 Å². The molecule has 76 valence electrons. The number of pyridine rings is 1. The lowest BCUT2D eigenvalue weighted by Crippen LogP contribution is -1.96. The van der Waals surface area contributed by atoms with E-state index in [9.17, 15) is 0 Å². The molecule has 1 heterocycles. The topological polar surface area (TPSA) is 48.1 Å². The number of nitrogens with zero attached hydrogens (tertiary/aromatic N) is 1. The van der Waals surface area contributed by atoms with Gasteiger partial charge < -0.3 is 10.5 Å². The lowest BCUT2D eigenvalue weighted by atomic mass is 10.2. The van der Waals surface area contributed by atoms with E-state index in [-0.39, 0.29) is 0 Å². The number of hydrogen-bond acceptors (Lipinski definition) is 3. The van der Waals surface area contributed by atoms with E-state index in [2.05, 4.69) is 11.6 Å². The van der Waals surface area contributed by atoms with E-state index in [1.54, 1.807) is 12.3 Å². The number of nitrogen functional groups attached to an aromatic ring is 1. The molecule has 0 aliphatic rings. The first-order chi connectivity index (χ1) is 7.33. The molecule has 0 unspecified atom stereocenters. The lowest BCUT2D eigenvalue weighted by Gasteiger charge is -2.07. The van der Waals surface area contributed by atoms with Crippen molar-refractivity contribution in [3.05, 3.63) is 43.1 Å². The highest BCUT2D eigenvalue weighted by molar-refractivity contribution is 5.94. The van der Waals surface area contributed by atoms with Crippen molar-refractivity contribution in [1.82, 2.24) is 4.98 Å². The van der Waals surface area contributed by atoms with Crippen LogP contribution < -0.4 is 10.5 Å². The fourth-order valence-corrected chi connectivity index (χ4v) is 1.43. The zero-order valence-electron chi connectivity index (χ0n) is 8.31. The van der Waals surface area contributed by atoms with E-state index >= 15 is 0 Å². The van der Waals surface area contributed by atoms with Gasteiger partial charge in [-0.3, -0.25) is 4.98 Å². The predicted octanol–water partition coefficient (Wildman–Crippen LogP) is 2.38. The van der Waals surface area contributed by atoms with Gasteiger partial charge in [0.25, 0.3) is 0 Å². The van der Waals surface area contributed by atoms with Crippen LogP contribution in [0.1, 0.15) is 0 Å². The normalized spacial score (nSPS) is 10.1. The standard InChI is InChI=1S/C12H12N2O/c1-2-8-15-11-6-5-10(13)9-4-3-7-14-12(9)11/h2-7H,1,8,13H2. The van der Waals surface area contributed by atoms with Gasteiger partial charge in [0.1, 0.15) is 17.9 Å². The smallest absolute Gasteiger partial charge is 0.146 e. The van der Waals surface area contributed by atoms with E-state index in [0.717, 1.165) is 16.7 Å². The Hall–Kier alpha value is -2.03. The zero-order valence-corrected chi connectivity index (χ0v) is 8.31. The highest BCUT2D eigenvalue weighted by atomic mass is 16.5. The first-order valence-corrected chi connectivity index (χ1v) is 4.70. The van der Waals surface area contributed by atoms with Gasteiger partial charge in [0, 0.05) is 17.3 Å². The molecule has 3 nitrogen and oxygen atoms in total. The summed E-state index contributed by atoms with van der Waals surface area (Å²) in [6, 6.07) is 7.44. The van der Waals surface area contributed by atoms with Crippen molar-refractivity contribution in [3.63, 3.8) is 0 Å². The molecule has 0 bridgehead atoms. The molecule has 15 heavy (non-hydrogen) atoms. The third-order valence-corrected chi connectivity index (χ3v) is 2.12. The van der Waals surface area contributed by atoms with Crippen LogP contribution >= 0.6 is 0 Å². The highest BCUT2D eigenvalue weighted by Crippen LogP contribution is 2.27. The van der Waals surface area contributed by atoms with Crippen molar-refractivity contribution in [2.24, 2.45) is 0 Å². The molecule has 2 N–H and O–H groups in total. The van der Waals surface area contributed by atoms with Gasteiger partial charge in [-0.15, -0.1) is 0 Å². The minimum atomic E-state index is 0.468. The van der Waals surface area contributed by atoms with Crippen molar-refractivity contribution in [3.8, 4) is 5.75 Å². The number of ether oxygens (including phenoxy) is 1. The maximum absolute atomic E-state index is 5.84. The molecule has 0 amide bonds. The summed E-state index contributed by atoms with van der Waals surface area (Å²) in [5, 5.41) is 0.916. The molecular formula is C12H12N2O. The van der Waals surface area contributed by atoms with Crippen molar-refractivity contribution in [1.29, 1.82) is 0 Å². The molecule has 2 aromatic rings. The van der Waals surface area contributed by atoms with Crippen LogP contribution in [0.4, 0.5) is 5.69 Å². The van der Waals surface area contributed by atoms with Gasteiger partial charge in [-0.1, -0.05) is 12.7 Å². The zero-order chi connectivity index (χ0) is 10.7. The Labute approximate surface area is 88.2 Å². The van der Waals surface area contributed by atoms with E-state index in [4.69, 9.17) is 10.5 Å². The summed E-state index contributed by atoms with van der Waals surface area (Å²) < 4.78 is 5.49. The minimum absolute atomic E-state index is 0.468. The number of hydrogen-bond donors (Lipinski definition) is 1. The predicted molar refractivity (Wildman–Crippen MR) is 61.8 cm³/mol. The van der Waals surface area contributed by atoms with Gasteiger partial charge in [-0.25, -0.2) is 0 Å². The molecule has 1 aromatic heterocycles. The van der Waals surface area contributed by atoms with Gasteiger partial charge >= 0.3 is 0 Å². The second-order valence-electron chi connectivity index (χ2n) is 3.15. The molecule has 0 saturated heterocycles. The summed E-state index contributed by atoms with van der Waals surface area (Å²) >= 11 is 0. The molecule has 0 atom stereocenters. The van der Waals surface area contributed by atoms with Crippen LogP contribution in [0.25, 0.3) is 10.9 Å². The third kappa shape index (κ3) is 1.76.